The van der Waals surface area contributed by atoms with Crippen molar-refractivity contribution < 1.29 is 4.79 Å². The van der Waals surface area contributed by atoms with Crippen molar-refractivity contribution in [2.45, 2.75) is 26.7 Å². The molecule has 1 fully saturated rings. The summed E-state index contributed by atoms with van der Waals surface area (Å²) in [4.78, 5) is 14.0. The molecule has 2 rings (SSSR count). The molecular formula is C13H20N2OS. The summed E-state index contributed by atoms with van der Waals surface area (Å²) in [5, 5.41) is 6.39. The molecule has 2 heterocycles. The van der Waals surface area contributed by atoms with Crippen LogP contribution in [-0.4, -0.2) is 25.5 Å². The number of aryl methyl sites for hydroxylation is 2. The topological polar surface area (TPSA) is 41.1 Å². The van der Waals surface area contributed by atoms with Gasteiger partial charge in [-0.25, -0.2) is 0 Å². The van der Waals surface area contributed by atoms with E-state index in [9.17, 15) is 4.79 Å². The van der Waals surface area contributed by atoms with Gasteiger partial charge in [-0.15, -0.1) is 11.3 Å². The van der Waals surface area contributed by atoms with Crippen LogP contribution < -0.4 is 10.6 Å². The number of thiophene rings is 1. The van der Waals surface area contributed by atoms with Gasteiger partial charge < -0.3 is 10.6 Å². The standard InChI is InChI=1S/C13H20N2OS/c1-9-7-12(17-10(9)2)13(16)15-8-11-3-5-14-6-4-11/h7,11,14H,3-6,8H2,1-2H3,(H,15,16). The highest BCUT2D eigenvalue weighted by atomic mass is 32.1. The van der Waals surface area contributed by atoms with Crippen LogP contribution in [0, 0.1) is 19.8 Å². The lowest BCUT2D eigenvalue weighted by Gasteiger charge is -2.22. The summed E-state index contributed by atoms with van der Waals surface area (Å²) < 4.78 is 0. The number of piperidine rings is 1. The van der Waals surface area contributed by atoms with Crippen molar-refractivity contribution in [3.8, 4) is 0 Å². The fourth-order valence-electron chi connectivity index (χ4n) is 2.10. The second-order valence-corrected chi connectivity index (χ2v) is 6.01. The molecule has 1 saturated heterocycles. The molecule has 0 aromatic carbocycles. The van der Waals surface area contributed by atoms with Crippen LogP contribution in [0.2, 0.25) is 0 Å². The molecule has 4 heteroatoms. The van der Waals surface area contributed by atoms with Crippen LogP contribution in [0.15, 0.2) is 6.07 Å². The summed E-state index contributed by atoms with van der Waals surface area (Å²) in [6.07, 6.45) is 2.34. The minimum Gasteiger partial charge on any atom is -0.351 e. The van der Waals surface area contributed by atoms with Gasteiger partial charge >= 0.3 is 0 Å². The maximum Gasteiger partial charge on any atom is 0.261 e. The van der Waals surface area contributed by atoms with E-state index >= 15 is 0 Å². The molecule has 1 aromatic rings. The summed E-state index contributed by atoms with van der Waals surface area (Å²) in [6, 6.07) is 1.98. The lowest BCUT2D eigenvalue weighted by molar-refractivity contribution is 0.0948. The predicted octanol–water partition coefficient (Wildman–Crippen LogP) is 2.09. The van der Waals surface area contributed by atoms with Gasteiger partial charge in [-0.05, 0) is 57.3 Å². The van der Waals surface area contributed by atoms with Gasteiger partial charge in [0.1, 0.15) is 0 Å². The highest BCUT2D eigenvalue weighted by Gasteiger charge is 2.15. The van der Waals surface area contributed by atoms with Gasteiger partial charge in [-0.2, -0.15) is 0 Å². The van der Waals surface area contributed by atoms with Crippen LogP contribution in [0.1, 0.15) is 33.0 Å². The Labute approximate surface area is 107 Å². The number of rotatable bonds is 3. The van der Waals surface area contributed by atoms with Gasteiger partial charge in [0, 0.05) is 11.4 Å². The zero-order chi connectivity index (χ0) is 12.3. The maximum absolute atomic E-state index is 11.9. The molecule has 1 aliphatic heterocycles. The minimum absolute atomic E-state index is 0.0877. The maximum atomic E-state index is 11.9. The summed E-state index contributed by atoms with van der Waals surface area (Å²) in [5.74, 6) is 0.729. The molecule has 1 aromatic heterocycles. The van der Waals surface area contributed by atoms with Crippen LogP contribution in [0.5, 0.6) is 0 Å². The molecule has 1 amide bonds. The van der Waals surface area contributed by atoms with E-state index in [2.05, 4.69) is 24.5 Å². The zero-order valence-electron chi connectivity index (χ0n) is 10.5. The SMILES string of the molecule is Cc1cc(C(=O)NCC2CCNCC2)sc1C. The fraction of sp³-hybridized carbons (Fsp3) is 0.615. The molecule has 0 bridgehead atoms. The third-order valence-electron chi connectivity index (χ3n) is 3.40. The average molecular weight is 252 g/mol. The first-order valence-corrected chi connectivity index (χ1v) is 7.04. The number of amides is 1. The molecule has 0 aliphatic carbocycles. The fourth-order valence-corrected chi connectivity index (χ4v) is 3.05. The van der Waals surface area contributed by atoms with Gasteiger partial charge in [0.25, 0.3) is 5.91 Å². The van der Waals surface area contributed by atoms with Gasteiger partial charge in [-0.1, -0.05) is 0 Å². The quantitative estimate of drug-likeness (QED) is 0.865. The van der Waals surface area contributed by atoms with Crippen LogP contribution in [0.25, 0.3) is 0 Å². The van der Waals surface area contributed by atoms with Crippen molar-refractivity contribution in [3.05, 3.63) is 21.4 Å². The predicted molar refractivity (Wildman–Crippen MR) is 71.7 cm³/mol. The average Bonchev–Trinajstić information content (AvgIpc) is 2.68. The number of nitrogens with one attached hydrogen (secondary N) is 2. The normalized spacial score (nSPS) is 17.1. The van der Waals surface area contributed by atoms with Gasteiger partial charge in [0.2, 0.25) is 0 Å². The molecular weight excluding hydrogens is 232 g/mol. The first-order valence-electron chi connectivity index (χ1n) is 6.23. The van der Waals surface area contributed by atoms with Crippen molar-refractivity contribution in [1.82, 2.24) is 10.6 Å². The highest BCUT2D eigenvalue weighted by molar-refractivity contribution is 7.14. The Morgan fingerprint density at radius 2 is 2.18 bits per heavy atom. The third kappa shape index (κ3) is 3.30. The van der Waals surface area contributed by atoms with E-state index in [-0.39, 0.29) is 5.91 Å². The first kappa shape index (κ1) is 12.6. The monoisotopic (exact) mass is 252 g/mol. The Balaban J connectivity index is 1.84. The van der Waals surface area contributed by atoms with Gasteiger partial charge in [0.15, 0.2) is 0 Å². The zero-order valence-corrected chi connectivity index (χ0v) is 11.3. The summed E-state index contributed by atoms with van der Waals surface area (Å²) in [7, 11) is 0. The molecule has 0 radical (unpaired) electrons. The molecule has 17 heavy (non-hydrogen) atoms. The van der Waals surface area contributed by atoms with Crippen molar-refractivity contribution in [2.24, 2.45) is 5.92 Å². The molecule has 2 N–H and O–H groups in total. The Morgan fingerprint density at radius 1 is 1.47 bits per heavy atom. The summed E-state index contributed by atoms with van der Waals surface area (Å²) in [5.41, 5.74) is 1.21. The van der Waals surface area contributed by atoms with Crippen molar-refractivity contribution in [3.63, 3.8) is 0 Å². The Bertz CT molecular complexity index is 375. The van der Waals surface area contributed by atoms with E-state index in [1.165, 1.54) is 23.3 Å². The molecule has 0 saturated carbocycles. The van der Waals surface area contributed by atoms with E-state index in [4.69, 9.17) is 0 Å². The Kier molecular flexibility index (Phi) is 4.18. The van der Waals surface area contributed by atoms with Crippen molar-refractivity contribution in [2.75, 3.05) is 19.6 Å². The van der Waals surface area contributed by atoms with Gasteiger partial charge in [-0.3, -0.25) is 4.79 Å². The summed E-state index contributed by atoms with van der Waals surface area (Å²) in [6.45, 7) is 7.09. The number of hydrogen-bond donors (Lipinski definition) is 2. The van der Waals surface area contributed by atoms with E-state index in [0.717, 1.165) is 24.5 Å². The highest BCUT2D eigenvalue weighted by Crippen LogP contribution is 2.20. The molecule has 3 nitrogen and oxygen atoms in total. The van der Waals surface area contributed by atoms with E-state index in [1.807, 2.05) is 6.07 Å². The van der Waals surface area contributed by atoms with E-state index in [1.54, 1.807) is 11.3 Å². The molecule has 0 atom stereocenters. The van der Waals surface area contributed by atoms with Crippen LogP contribution >= 0.6 is 11.3 Å². The van der Waals surface area contributed by atoms with Crippen LogP contribution in [0.4, 0.5) is 0 Å². The largest absolute Gasteiger partial charge is 0.351 e. The molecule has 0 spiro atoms. The number of hydrogen-bond acceptors (Lipinski definition) is 3. The van der Waals surface area contributed by atoms with E-state index in [0.29, 0.717) is 5.92 Å². The lowest BCUT2D eigenvalue weighted by atomic mass is 9.98. The Morgan fingerprint density at radius 3 is 2.76 bits per heavy atom. The smallest absolute Gasteiger partial charge is 0.261 e. The molecule has 0 unspecified atom stereocenters. The van der Waals surface area contributed by atoms with Crippen molar-refractivity contribution in [1.29, 1.82) is 0 Å². The lowest BCUT2D eigenvalue weighted by Crippen LogP contribution is -2.35. The van der Waals surface area contributed by atoms with Gasteiger partial charge in [0.05, 0.1) is 4.88 Å². The minimum atomic E-state index is 0.0877. The number of carbonyl (C=O) groups is 1. The summed E-state index contributed by atoms with van der Waals surface area (Å²) >= 11 is 1.58. The Hall–Kier alpha value is -0.870. The van der Waals surface area contributed by atoms with Crippen LogP contribution in [0.3, 0.4) is 0 Å². The molecule has 94 valence electrons. The second kappa shape index (κ2) is 5.65. The third-order valence-corrected chi connectivity index (χ3v) is 4.55. The van der Waals surface area contributed by atoms with E-state index < -0.39 is 0 Å². The number of carbonyl (C=O) groups excluding carboxylic acids is 1. The second-order valence-electron chi connectivity index (χ2n) is 4.75. The van der Waals surface area contributed by atoms with Crippen molar-refractivity contribution >= 4 is 17.2 Å². The first-order chi connectivity index (χ1) is 8.16. The molecule has 1 aliphatic rings. The van der Waals surface area contributed by atoms with Crippen LogP contribution in [-0.2, 0) is 0 Å².